The molecule has 0 radical (unpaired) electrons. The van der Waals surface area contributed by atoms with Gasteiger partial charge in [-0.1, -0.05) is 0 Å². The van der Waals surface area contributed by atoms with Crippen molar-refractivity contribution in [3.8, 4) is 0 Å². The van der Waals surface area contributed by atoms with Crippen molar-refractivity contribution in [3.05, 3.63) is 0 Å². The van der Waals surface area contributed by atoms with Crippen LogP contribution in [-0.2, 0) is 19.2 Å². The molecular formula is C14H21N3O7. The predicted molar refractivity (Wildman–Crippen MR) is 78.5 cm³/mol. The van der Waals surface area contributed by atoms with Crippen LogP contribution in [0.1, 0.15) is 20.3 Å². The van der Waals surface area contributed by atoms with Gasteiger partial charge in [0.25, 0.3) is 0 Å². The molecule has 0 aliphatic heterocycles. The lowest BCUT2D eigenvalue weighted by atomic mass is 9.89. The average Bonchev–Trinajstić information content (AvgIpc) is 3.15. The van der Waals surface area contributed by atoms with Gasteiger partial charge in [0.2, 0.25) is 11.8 Å². The Morgan fingerprint density at radius 1 is 1.17 bits per heavy atom. The number of carbonyl (C=O) groups is 4. The maximum Gasteiger partial charge on any atom is 0.329 e. The van der Waals surface area contributed by atoms with Crippen LogP contribution in [0.25, 0.3) is 0 Å². The van der Waals surface area contributed by atoms with Crippen LogP contribution < -0.4 is 16.4 Å². The fourth-order valence-electron chi connectivity index (χ4n) is 3.52. The highest BCUT2D eigenvalue weighted by atomic mass is 16.4. The fraction of sp³-hybridized carbons (Fsp3) is 0.714. The van der Waals surface area contributed by atoms with Gasteiger partial charge in [-0.15, -0.1) is 0 Å². The van der Waals surface area contributed by atoms with Crippen molar-refractivity contribution in [1.82, 2.24) is 10.6 Å². The molecule has 0 aromatic rings. The Labute approximate surface area is 137 Å². The summed E-state index contributed by atoms with van der Waals surface area (Å²) in [6.07, 6.45) is -1.40. The summed E-state index contributed by atoms with van der Waals surface area (Å²) in [5.41, 5.74) is 3.52. The molecule has 0 unspecified atom stereocenters. The summed E-state index contributed by atoms with van der Waals surface area (Å²) in [7, 11) is 0. The van der Waals surface area contributed by atoms with E-state index in [1.54, 1.807) is 0 Å². The molecule has 0 aromatic carbocycles. The van der Waals surface area contributed by atoms with Gasteiger partial charge in [-0.3, -0.25) is 14.4 Å². The molecule has 0 bridgehead atoms. The third-order valence-corrected chi connectivity index (χ3v) is 4.80. The zero-order valence-corrected chi connectivity index (χ0v) is 13.2. The molecule has 0 aromatic heterocycles. The summed E-state index contributed by atoms with van der Waals surface area (Å²) in [5, 5.41) is 33.3. The first-order valence-electron chi connectivity index (χ1n) is 7.55. The summed E-state index contributed by atoms with van der Waals surface area (Å²) in [6.45, 7) is 2.79. The molecule has 2 amide bonds. The Kier molecular flexibility index (Phi) is 4.55. The summed E-state index contributed by atoms with van der Waals surface area (Å²) in [6, 6.07) is -1.90. The number of rotatable bonds is 6. The third kappa shape index (κ3) is 2.82. The quantitative estimate of drug-likeness (QED) is 0.306. The highest BCUT2D eigenvalue weighted by molar-refractivity contribution is 5.94. The van der Waals surface area contributed by atoms with E-state index in [0.29, 0.717) is 0 Å². The van der Waals surface area contributed by atoms with Crippen LogP contribution in [0.2, 0.25) is 0 Å². The van der Waals surface area contributed by atoms with Crippen LogP contribution in [0.4, 0.5) is 0 Å². The molecular weight excluding hydrogens is 322 g/mol. The van der Waals surface area contributed by atoms with Crippen molar-refractivity contribution in [2.45, 2.75) is 44.0 Å². The van der Waals surface area contributed by atoms with Crippen LogP contribution in [0.5, 0.6) is 0 Å². The van der Waals surface area contributed by atoms with Crippen LogP contribution in [0.3, 0.4) is 0 Å². The standard InChI is InChI=1S/C14H21N3O7/c1-4(15)10(19)16-5(2)11(20)17-14(13(23)24)3-6(18)7-8(9(7)14)12(21)22/h4-9,18H,3,15H2,1-2H3,(H,16,19)(H,17,20)(H,21,22)(H,23,24)/t4-,5-,6-,7-,8-,9-,14-/m0/s1. The molecule has 0 saturated heterocycles. The average molecular weight is 343 g/mol. The van der Waals surface area contributed by atoms with Gasteiger partial charge in [-0.05, 0) is 13.8 Å². The number of amides is 2. The molecule has 24 heavy (non-hydrogen) atoms. The molecule has 134 valence electrons. The molecule has 0 spiro atoms. The van der Waals surface area contributed by atoms with Gasteiger partial charge >= 0.3 is 11.9 Å². The minimum absolute atomic E-state index is 0.277. The topological polar surface area (TPSA) is 179 Å². The number of fused-ring (bicyclic) bond motifs is 1. The number of hydrogen-bond donors (Lipinski definition) is 6. The van der Waals surface area contributed by atoms with Crippen molar-refractivity contribution in [2.75, 3.05) is 0 Å². The molecule has 2 aliphatic carbocycles. The van der Waals surface area contributed by atoms with Crippen LogP contribution >= 0.6 is 0 Å². The summed E-state index contributed by atoms with van der Waals surface area (Å²) in [4.78, 5) is 46.7. The van der Waals surface area contributed by atoms with Gasteiger partial charge in [0.05, 0.1) is 18.1 Å². The summed E-state index contributed by atoms with van der Waals surface area (Å²) < 4.78 is 0. The Bertz CT molecular complexity index is 593. The van der Waals surface area contributed by atoms with Gasteiger partial charge < -0.3 is 31.7 Å². The Morgan fingerprint density at radius 3 is 2.17 bits per heavy atom. The lowest BCUT2D eigenvalue weighted by molar-refractivity contribution is -0.151. The summed E-state index contributed by atoms with van der Waals surface area (Å²) in [5.74, 6) is -6.58. The Morgan fingerprint density at radius 2 is 1.75 bits per heavy atom. The zero-order valence-electron chi connectivity index (χ0n) is 13.2. The second-order valence-electron chi connectivity index (χ2n) is 6.52. The third-order valence-electron chi connectivity index (χ3n) is 4.80. The van der Waals surface area contributed by atoms with Gasteiger partial charge in [0.1, 0.15) is 11.6 Å². The molecule has 7 N–H and O–H groups in total. The highest BCUT2D eigenvalue weighted by Crippen LogP contribution is 2.62. The molecule has 2 rings (SSSR count). The van der Waals surface area contributed by atoms with Gasteiger partial charge in [-0.25, -0.2) is 4.79 Å². The smallest absolute Gasteiger partial charge is 0.329 e. The van der Waals surface area contributed by atoms with Gasteiger partial charge in [-0.2, -0.15) is 0 Å². The molecule has 10 heteroatoms. The van der Waals surface area contributed by atoms with Crippen molar-refractivity contribution >= 4 is 23.8 Å². The lowest BCUT2D eigenvalue weighted by Gasteiger charge is -2.30. The largest absolute Gasteiger partial charge is 0.481 e. The van der Waals surface area contributed by atoms with E-state index in [1.165, 1.54) is 13.8 Å². The molecule has 2 saturated carbocycles. The van der Waals surface area contributed by atoms with E-state index < -0.39 is 65.2 Å². The van der Waals surface area contributed by atoms with Crippen molar-refractivity contribution in [3.63, 3.8) is 0 Å². The van der Waals surface area contributed by atoms with Crippen LogP contribution in [-0.4, -0.2) is 62.8 Å². The van der Waals surface area contributed by atoms with Crippen molar-refractivity contribution in [1.29, 1.82) is 0 Å². The molecule has 7 atom stereocenters. The van der Waals surface area contributed by atoms with E-state index in [9.17, 15) is 29.4 Å². The number of nitrogens with one attached hydrogen (secondary N) is 2. The van der Waals surface area contributed by atoms with Gasteiger partial charge in [0, 0.05) is 18.3 Å². The molecule has 2 fully saturated rings. The number of aliphatic hydroxyl groups is 1. The summed E-state index contributed by atoms with van der Waals surface area (Å²) >= 11 is 0. The number of nitrogens with two attached hydrogens (primary N) is 1. The van der Waals surface area contributed by atoms with E-state index >= 15 is 0 Å². The number of carbonyl (C=O) groups excluding carboxylic acids is 2. The SMILES string of the molecule is C[C@H](N)C(=O)N[C@@H](C)C(=O)N[C@@]1(C(=O)O)C[C@H](O)[C@H]2[C@H](C(=O)O)[C@H]21. The fourth-order valence-corrected chi connectivity index (χ4v) is 3.52. The van der Waals surface area contributed by atoms with Crippen LogP contribution in [0, 0.1) is 17.8 Å². The van der Waals surface area contributed by atoms with E-state index in [4.69, 9.17) is 10.8 Å². The maximum atomic E-state index is 12.3. The predicted octanol–water partition coefficient (Wildman–Crippen LogP) is -2.51. The highest BCUT2D eigenvalue weighted by Gasteiger charge is 2.75. The second-order valence-corrected chi connectivity index (χ2v) is 6.52. The van der Waals surface area contributed by atoms with Crippen molar-refractivity contribution in [2.24, 2.45) is 23.5 Å². The minimum atomic E-state index is -1.86. The number of aliphatic carboxylic acids is 2. The monoisotopic (exact) mass is 343 g/mol. The first-order chi connectivity index (χ1) is 11.0. The van der Waals surface area contributed by atoms with E-state index in [0.717, 1.165) is 0 Å². The molecule has 10 nitrogen and oxygen atoms in total. The van der Waals surface area contributed by atoms with Crippen LogP contribution in [0.15, 0.2) is 0 Å². The number of hydrogen-bond acceptors (Lipinski definition) is 6. The first kappa shape index (κ1) is 18.1. The minimum Gasteiger partial charge on any atom is -0.481 e. The van der Waals surface area contributed by atoms with Gasteiger partial charge in [0.15, 0.2) is 0 Å². The Balaban J connectivity index is 2.15. The zero-order chi connectivity index (χ0) is 18.4. The lowest BCUT2D eigenvalue weighted by Crippen LogP contribution is -2.61. The second kappa shape index (κ2) is 6.02. The molecule has 0 heterocycles. The number of aliphatic hydroxyl groups excluding tert-OH is 1. The number of carboxylic acid groups (broad SMARTS) is 2. The van der Waals surface area contributed by atoms with E-state index in [2.05, 4.69) is 10.6 Å². The Hall–Kier alpha value is -2.20. The first-order valence-corrected chi connectivity index (χ1v) is 7.55. The van der Waals surface area contributed by atoms with E-state index in [1.807, 2.05) is 0 Å². The number of carboxylic acids is 2. The van der Waals surface area contributed by atoms with Crippen molar-refractivity contribution < 1.29 is 34.5 Å². The van der Waals surface area contributed by atoms with E-state index in [-0.39, 0.29) is 6.42 Å². The maximum absolute atomic E-state index is 12.3. The molecule has 2 aliphatic rings. The normalized spacial score (nSPS) is 36.2.